The third kappa shape index (κ3) is 5.72. The topological polar surface area (TPSA) is 12.0 Å². The van der Waals surface area contributed by atoms with Gasteiger partial charge in [0.05, 0.1) is 0 Å². The maximum absolute atomic E-state index is 3.40. The van der Waals surface area contributed by atoms with E-state index in [1.54, 1.807) is 0 Å². The van der Waals surface area contributed by atoms with E-state index in [1.807, 2.05) is 0 Å². The van der Waals surface area contributed by atoms with Gasteiger partial charge in [-0.25, -0.2) is 0 Å². The quantitative estimate of drug-likeness (QED) is 0.568. The highest BCUT2D eigenvalue weighted by atomic mass is 14.9. The number of hydrogen-bond acceptors (Lipinski definition) is 1. The second-order valence-corrected chi connectivity index (χ2v) is 4.56. The van der Waals surface area contributed by atoms with Crippen LogP contribution in [0.15, 0.2) is 36.4 Å². The smallest absolute Gasteiger partial charge is 0.00105 e. The van der Waals surface area contributed by atoms with Crippen LogP contribution in [0, 0.1) is 6.92 Å². The van der Waals surface area contributed by atoms with E-state index in [4.69, 9.17) is 0 Å². The number of allylic oxidation sites excluding steroid dienone is 1. The maximum atomic E-state index is 3.40. The van der Waals surface area contributed by atoms with E-state index in [0.29, 0.717) is 6.04 Å². The molecule has 0 bridgehead atoms. The number of aryl methyl sites for hydroxylation is 1. The zero-order valence-corrected chi connectivity index (χ0v) is 10.7. The summed E-state index contributed by atoms with van der Waals surface area (Å²) in [5, 5.41) is 3.40. The van der Waals surface area contributed by atoms with Crippen LogP contribution in [0.5, 0.6) is 0 Å². The highest BCUT2D eigenvalue weighted by molar-refractivity contribution is 5.22. The van der Waals surface area contributed by atoms with Gasteiger partial charge in [0.1, 0.15) is 0 Å². The van der Waals surface area contributed by atoms with Crippen molar-refractivity contribution in [2.24, 2.45) is 0 Å². The highest BCUT2D eigenvalue weighted by Gasteiger charge is 1.90. The van der Waals surface area contributed by atoms with Crippen molar-refractivity contribution >= 4 is 0 Å². The lowest BCUT2D eigenvalue weighted by molar-refractivity contribution is 0.594. The molecule has 0 spiro atoms. The molecule has 16 heavy (non-hydrogen) atoms. The van der Waals surface area contributed by atoms with Gasteiger partial charge in [0.2, 0.25) is 0 Å². The molecule has 1 aromatic carbocycles. The van der Waals surface area contributed by atoms with Crippen LogP contribution in [-0.4, -0.2) is 12.6 Å². The van der Waals surface area contributed by atoms with Crippen LogP contribution in [0.25, 0.3) is 0 Å². The molecule has 0 aliphatic heterocycles. The zero-order valence-electron chi connectivity index (χ0n) is 10.7. The molecule has 0 aliphatic carbocycles. The average molecular weight is 217 g/mol. The molecule has 0 aromatic heterocycles. The van der Waals surface area contributed by atoms with Crippen LogP contribution in [0.3, 0.4) is 0 Å². The molecule has 0 saturated heterocycles. The van der Waals surface area contributed by atoms with Gasteiger partial charge in [-0.05, 0) is 31.9 Å². The third-order valence-electron chi connectivity index (χ3n) is 2.50. The molecule has 1 heteroatoms. The predicted molar refractivity (Wildman–Crippen MR) is 71.8 cm³/mol. The number of rotatable bonds is 6. The van der Waals surface area contributed by atoms with Gasteiger partial charge in [-0.1, -0.05) is 55.8 Å². The van der Waals surface area contributed by atoms with E-state index in [0.717, 1.165) is 19.4 Å². The molecule has 0 radical (unpaired) electrons. The van der Waals surface area contributed by atoms with Crippen LogP contribution in [0.4, 0.5) is 0 Å². The second-order valence-electron chi connectivity index (χ2n) is 4.56. The van der Waals surface area contributed by atoms with Gasteiger partial charge in [-0.2, -0.15) is 0 Å². The average Bonchev–Trinajstić information content (AvgIpc) is 2.25. The first-order valence-electron chi connectivity index (χ1n) is 6.12. The van der Waals surface area contributed by atoms with Gasteiger partial charge in [0.15, 0.2) is 0 Å². The standard InChI is InChI=1S/C15H23N/c1-13(2)16-12-6-4-5-7-15-10-8-14(3)9-11-15/h4-5,8-11,13,16H,6-7,12H2,1-3H3. The minimum absolute atomic E-state index is 0.588. The van der Waals surface area contributed by atoms with Crippen molar-refractivity contribution in [3.05, 3.63) is 47.5 Å². The first kappa shape index (κ1) is 13.0. The van der Waals surface area contributed by atoms with Gasteiger partial charge in [-0.15, -0.1) is 0 Å². The monoisotopic (exact) mass is 217 g/mol. The summed E-state index contributed by atoms with van der Waals surface area (Å²) >= 11 is 0. The van der Waals surface area contributed by atoms with E-state index >= 15 is 0 Å². The van der Waals surface area contributed by atoms with Crippen LogP contribution < -0.4 is 5.32 Å². The minimum Gasteiger partial charge on any atom is -0.314 e. The Morgan fingerprint density at radius 1 is 1.12 bits per heavy atom. The fourth-order valence-corrected chi connectivity index (χ4v) is 1.52. The molecule has 88 valence electrons. The van der Waals surface area contributed by atoms with Crippen molar-refractivity contribution in [1.82, 2.24) is 5.32 Å². The van der Waals surface area contributed by atoms with Crippen molar-refractivity contribution in [2.45, 2.75) is 39.7 Å². The van der Waals surface area contributed by atoms with E-state index in [2.05, 4.69) is 62.5 Å². The summed E-state index contributed by atoms with van der Waals surface area (Å²) in [5.74, 6) is 0. The molecule has 0 fully saturated rings. The van der Waals surface area contributed by atoms with E-state index < -0.39 is 0 Å². The number of benzene rings is 1. The Kier molecular flexibility index (Phi) is 5.87. The Morgan fingerprint density at radius 3 is 2.44 bits per heavy atom. The largest absolute Gasteiger partial charge is 0.314 e. The molecule has 0 aliphatic rings. The lowest BCUT2D eigenvalue weighted by Gasteiger charge is -2.04. The normalized spacial score (nSPS) is 11.5. The molecule has 1 nitrogen and oxygen atoms in total. The molecule has 0 saturated carbocycles. The molecule has 0 unspecified atom stereocenters. The van der Waals surface area contributed by atoms with Crippen molar-refractivity contribution in [2.75, 3.05) is 6.54 Å². The van der Waals surface area contributed by atoms with Crippen molar-refractivity contribution < 1.29 is 0 Å². The minimum atomic E-state index is 0.588. The van der Waals surface area contributed by atoms with Crippen LogP contribution in [0.1, 0.15) is 31.4 Å². The van der Waals surface area contributed by atoms with Crippen molar-refractivity contribution in [3.8, 4) is 0 Å². The van der Waals surface area contributed by atoms with Gasteiger partial charge in [-0.3, -0.25) is 0 Å². The van der Waals surface area contributed by atoms with E-state index in [1.165, 1.54) is 11.1 Å². The Morgan fingerprint density at radius 2 is 1.81 bits per heavy atom. The van der Waals surface area contributed by atoms with Gasteiger partial charge < -0.3 is 5.32 Å². The molecule has 1 N–H and O–H groups in total. The van der Waals surface area contributed by atoms with Crippen LogP contribution >= 0.6 is 0 Å². The maximum Gasteiger partial charge on any atom is 0.00105 e. The molecule has 1 aromatic rings. The molecule has 1 rings (SSSR count). The first-order chi connectivity index (χ1) is 7.68. The van der Waals surface area contributed by atoms with E-state index in [9.17, 15) is 0 Å². The molecule has 0 atom stereocenters. The molecular weight excluding hydrogens is 194 g/mol. The third-order valence-corrected chi connectivity index (χ3v) is 2.50. The van der Waals surface area contributed by atoms with Gasteiger partial charge >= 0.3 is 0 Å². The fourth-order valence-electron chi connectivity index (χ4n) is 1.52. The lowest BCUT2D eigenvalue weighted by atomic mass is 10.1. The first-order valence-corrected chi connectivity index (χ1v) is 6.12. The summed E-state index contributed by atoms with van der Waals surface area (Å²) in [4.78, 5) is 0. The zero-order chi connectivity index (χ0) is 11.8. The van der Waals surface area contributed by atoms with Crippen molar-refractivity contribution in [3.63, 3.8) is 0 Å². The summed E-state index contributed by atoms with van der Waals surface area (Å²) in [5.41, 5.74) is 2.72. The van der Waals surface area contributed by atoms with Crippen molar-refractivity contribution in [1.29, 1.82) is 0 Å². The van der Waals surface area contributed by atoms with Gasteiger partial charge in [0.25, 0.3) is 0 Å². The molecule has 0 heterocycles. The summed E-state index contributed by atoms with van der Waals surface area (Å²) in [7, 11) is 0. The van der Waals surface area contributed by atoms with Crippen LogP contribution in [0.2, 0.25) is 0 Å². The Hall–Kier alpha value is -1.08. The Bertz CT molecular complexity index is 309. The van der Waals surface area contributed by atoms with E-state index in [-0.39, 0.29) is 0 Å². The summed E-state index contributed by atoms with van der Waals surface area (Å²) < 4.78 is 0. The SMILES string of the molecule is Cc1ccc(CC=CCCNC(C)C)cc1. The van der Waals surface area contributed by atoms with Crippen LogP contribution in [-0.2, 0) is 6.42 Å². The summed E-state index contributed by atoms with van der Waals surface area (Å²) in [6, 6.07) is 9.33. The number of nitrogens with one attached hydrogen (secondary N) is 1. The van der Waals surface area contributed by atoms with Gasteiger partial charge in [0, 0.05) is 6.04 Å². The summed E-state index contributed by atoms with van der Waals surface area (Å²) in [6.45, 7) is 7.55. The number of hydrogen-bond donors (Lipinski definition) is 1. The Balaban J connectivity index is 2.19. The fraction of sp³-hybridized carbons (Fsp3) is 0.467. The lowest BCUT2D eigenvalue weighted by Crippen LogP contribution is -2.23. The Labute approximate surface area is 99.6 Å². The second kappa shape index (κ2) is 7.24. The summed E-state index contributed by atoms with van der Waals surface area (Å²) in [6.07, 6.45) is 6.67. The molecular formula is C15H23N. The predicted octanol–water partition coefficient (Wildman–Crippen LogP) is 3.48. The molecule has 0 amide bonds. The highest BCUT2D eigenvalue weighted by Crippen LogP contribution is 2.04.